The van der Waals surface area contributed by atoms with Crippen molar-refractivity contribution < 1.29 is 9.90 Å². The molecule has 2 N–H and O–H groups in total. The first kappa shape index (κ1) is 13.1. The molecule has 2 aromatic carbocycles. The average Bonchev–Trinajstić information content (AvgIpc) is 2.34. The van der Waals surface area contributed by atoms with E-state index in [0.29, 0.717) is 0 Å². The van der Waals surface area contributed by atoms with Gasteiger partial charge in [-0.3, -0.25) is 0 Å². The summed E-state index contributed by atoms with van der Waals surface area (Å²) >= 11 is 0. The van der Waals surface area contributed by atoms with Crippen LogP contribution in [0, 0.1) is 20.8 Å². The smallest absolute Gasteiger partial charge is 0.335 e. The second kappa shape index (κ2) is 5.14. The lowest BCUT2D eigenvalue weighted by molar-refractivity contribution is 0.0697. The van der Waals surface area contributed by atoms with E-state index in [2.05, 4.69) is 24.4 Å². The lowest BCUT2D eigenvalue weighted by atomic mass is 10.0. The Morgan fingerprint density at radius 2 is 1.68 bits per heavy atom. The van der Waals surface area contributed by atoms with Crippen LogP contribution in [0.4, 0.5) is 11.4 Å². The highest BCUT2D eigenvalue weighted by molar-refractivity contribution is 5.89. The van der Waals surface area contributed by atoms with Gasteiger partial charge in [0.2, 0.25) is 0 Å². The highest BCUT2D eigenvalue weighted by Crippen LogP contribution is 2.26. The minimum absolute atomic E-state index is 0.285. The normalized spacial score (nSPS) is 10.3. The van der Waals surface area contributed by atoms with Crippen molar-refractivity contribution in [1.29, 1.82) is 0 Å². The third kappa shape index (κ3) is 2.94. The first-order valence-electron chi connectivity index (χ1n) is 6.15. The molecule has 0 aliphatic rings. The first-order valence-corrected chi connectivity index (χ1v) is 6.15. The zero-order chi connectivity index (χ0) is 14.0. The van der Waals surface area contributed by atoms with E-state index in [1.165, 1.54) is 5.56 Å². The molecule has 0 fully saturated rings. The number of aryl methyl sites for hydroxylation is 3. The lowest BCUT2D eigenvalue weighted by Gasteiger charge is -2.14. The van der Waals surface area contributed by atoms with E-state index in [1.807, 2.05) is 19.9 Å². The summed E-state index contributed by atoms with van der Waals surface area (Å²) in [7, 11) is 0. The maximum Gasteiger partial charge on any atom is 0.335 e. The molecule has 98 valence electrons. The van der Waals surface area contributed by atoms with Crippen LogP contribution in [-0.4, -0.2) is 11.1 Å². The molecule has 3 nitrogen and oxygen atoms in total. The Bertz CT molecular complexity index is 609. The Kier molecular flexibility index (Phi) is 3.56. The average molecular weight is 255 g/mol. The van der Waals surface area contributed by atoms with Crippen molar-refractivity contribution in [2.45, 2.75) is 20.8 Å². The van der Waals surface area contributed by atoms with E-state index in [0.717, 1.165) is 22.5 Å². The Labute approximate surface area is 112 Å². The number of benzene rings is 2. The van der Waals surface area contributed by atoms with Crippen molar-refractivity contribution >= 4 is 17.3 Å². The van der Waals surface area contributed by atoms with Gasteiger partial charge in [-0.15, -0.1) is 0 Å². The monoisotopic (exact) mass is 255 g/mol. The minimum atomic E-state index is -0.916. The molecule has 0 radical (unpaired) electrons. The number of carboxylic acids is 1. The van der Waals surface area contributed by atoms with Crippen LogP contribution >= 0.6 is 0 Å². The van der Waals surface area contributed by atoms with Crippen LogP contribution in [0.3, 0.4) is 0 Å². The number of hydrogen-bond donors (Lipinski definition) is 2. The quantitative estimate of drug-likeness (QED) is 0.869. The van der Waals surface area contributed by atoms with E-state index in [1.54, 1.807) is 18.2 Å². The van der Waals surface area contributed by atoms with Crippen LogP contribution in [-0.2, 0) is 0 Å². The van der Waals surface area contributed by atoms with E-state index in [4.69, 9.17) is 5.11 Å². The van der Waals surface area contributed by atoms with E-state index < -0.39 is 5.97 Å². The van der Waals surface area contributed by atoms with Crippen LogP contribution in [0.15, 0.2) is 36.4 Å². The molecule has 0 aliphatic heterocycles. The predicted molar refractivity (Wildman–Crippen MR) is 77.3 cm³/mol. The number of anilines is 2. The molecule has 0 spiro atoms. The molecule has 0 bridgehead atoms. The second-order valence-corrected chi connectivity index (χ2v) is 4.78. The van der Waals surface area contributed by atoms with Gasteiger partial charge in [0.25, 0.3) is 0 Å². The van der Waals surface area contributed by atoms with Gasteiger partial charge in [-0.1, -0.05) is 23.8 Å². The Morgan fingerprint density at radius 1 is 1.05 bits per heavy atom. The predicted octanol–water partition coefficient (Wildman–Crippen LogP) is 4.05. The molecule has 0 saturated heterocycles. The van der Waals surface area contributed by atoms with Crippen molar-refractivity contribution in [2.75, 3.05) is 5.32 Å². The van der Waals surface area contributed by atoms with Crippen molar-refractivity contribution in [3.05, 3.63) is 58.7 Å². The number of nitrogens with one attached hydrogen (secondary N) is 1. The lowest BCUT2D eigenvalue weighted by Crippen LogP contribution is -2.00. The zero-order valence-corrected chi connectivity index (χ0v) is 11.3. The van der Waals surface area contributed by atoms with Crippen LogP contribution < -0.4 is 5.32 Å². The molecule has 3 heteroatoms. The van der Waals surface area contributed by atoms with Crippen molar-refractivity contribution in [3.8, 4) is 0 Å². The van der Waals surface area contributed by atoms with Crippen LogP contribution in [0.5, 0.6) is 0 Å². The van der Waals surface area contributed by atoms with Gasteiger partial charge in [0.05, 0.1) is 5.56 Å². The molecule has 0 aliphatic carbocycles. The molecule has 19 heavy (non-hydrogen) atoms. The fraction of sp³-hybridized carbons (Fsp3) is 0.188. The summed E-state index contributed by atoms with van der Waals surface area (Å²) in [5.74, 6) is -0.916. The molecule has 0 heterocycles. The summed E-state index contributed by atoms with van der Waals surface area (Å²) in [6.07, 6.45) is 0. The Hall–Kier alpha value is -2.29. The molecule has 0 unspecified atom stereocenters. The standard InChI is InChI=1S/C16H17NO2/c1-10-7-11(2)15(12(3)8-10)17-14-6-4-5-13(9-14)16(18)19/h4-9,17H,1-3H3,(H,18,19). The highest BCUT2D eigenvalue weighted by atomic mass is 16.4. The van der Waals surface area contributed by atoms with Crippen LogP contribution in [0.2, 0.25) is 0 Å². The Balaban J connectivity index is 2.36. The molecule has 2 aromatic rings. The van der Waals surface area contributed by atoms with E-state index >= 15 is 0 Å². The number of rotatable bonds is 3. The van der Waals surface area contributed by atoms with Gasteiger partial charge in [0, 0.05) is 11.4 Å². The zero-order valence-electron chi connectivity index (χ0n) is 11.3. The SMILES string of the molecule is Cc1cc(C)c(Nc2cccc(C(=O)O)c2)c(C)c1. The minimum Gasteiger partial charge on any atom is -0.478 e. The number of carboxylic acid groups (broad SMARTS) is 1. The fourth-order valence-electron chi connectivity index (χ4n) is 2.25. The van der Waals surface area contributed by atoms with Crippen LogP contribution in [0.1, 0.15) is 27.0 Å². The van der Waals surface area contributed by atoms with Gasteiger partial charge >= 0.3 is 5.97 Å². The molecule has 0 aromatic heterocycles. The summed E-state index contributed by atoms with van der Waals surface area (Å²) in [5, 5.41) is 12.3. The van der Waals surface area contributed by atoms with Gasteiger partial charge in [-0.2, -0.15) is 0 Å². The fourth-order valence-corrected chi connectivity index (χ4v) is 2.25. The summed E-state index contributed by atoms with van der Waals surface area (Å²) in [5.41, 5.74) is 5.63. The topological polar surface area (TPSA) is 49.3 Å². The van der Waals surface area contributed by atoms with Crippen molar-refractivity contribution in [2.24, 2.45) is 0 Å². The molecule has 2 rings (SSSR count). The second-order valence-electron chi connectivity index (χ2n) is 4.78. The van der Waals surface area contributed by atoms with Crippen LogP contribution in [0.25, 0.3) is 0 Å². The maximum absolute atomic E-state index is 11.0. The third-order valence-corrected chi connectivity index (χ3v) is 3.06. The van der Waals surface area contributed by atoms with E-state index in [-0.39, 0.29) is 5.56 Å². The maximum atomic E-state index is 11.0. The number of aromatic carboxylic acids is 1. The van der Waals surface area contributed by atoms with Gasteiger partial charge in [0.15, 0.2) is 0 Å². The van der Waals surface area contributed by atoms with Gasteiger partial charge in [-0.25, -0.2) is 4.79 Å². The van der Waals surface area contributed by atoms with Gasteiger partial charge < -0.3 is 10.4 Å². The number of carbonyl (C=O) groups is 1. The Morgan fingerprint density at radius 3 is 2.26 bits per heavy atom. The van der Waals surface area contributed by atoms with Crippen molar-refractivity contribution in [3.63, 3.8) is 0 Å². The van der Waals surface area contributed by atoms with Crippen molar-refractivity contribution in [1.82, 2.24) is 0 Å². The molecule has 0 amide bonds. The van der Waals surface area contributed by atoms with E-state index in [9.17, 15) is 4.79 Å². The third-order valence-electron chi connectivity index (χ3n) is 3.06. The summed E-state index contributed by atoms with van der Waals surface area (Å²) in [4.78, 5) is 11.0. The highest BCUT2D eigenvalue weighted by Gasteiger charge is 2.06. The summed E-state index contributed by atoms with van der Waals surface area (Å²) in [6, 6.07) is 11.0. The summed E-state index contributed by atoms with van der Waals surface area (Å²) < 4.78 is 0. The largest absolute Gasteiger partial charge is 0.478 e. The number of hydrogen-bond acceptors (Lipinski definition) is 2. The molecule has 0 saturated carbocycles. The molecule has 0 atom stereocenters. The van der Waals surface area contributed by atoms with Gasteiger partial charge in [-0.05, 0) is 50.1 Å². The first-order chi connectivity index (χ1) is 8.97. The van der Waals surface area contributed by atoms with Gasteiger partial charge in [0.1, 0.15) is 0 Å². The summed E-state index contributed by atoms with van der Waals surface area (Å²) in [6.45, 7) is 6.15. The molecular formula is C16H17NO2. The molecular weight excluding hydrogens is 238 g/mol.